The largest absolute Gasteiger partial charge is 0.473 e. The van der Waals surface area contributed by atoms with Crippen molar-refractivity contribution in [3.63, 3.8) is 0 Å². The third-order valence-corrected chi connectivity index (χ3v) is 6.61. The molecule has 1 aliphatic heterocycles. The van der Waals surface area contributed by atoms with Crippen LogP contribution in [0.3, 0.4) is 0 Å². The standard InChI is InChI=1S/C20H25N3O2S/c24-20(14-26-16-5-1-2-6-16)23-11-9-15(10-12-23)25-19-13-21-17-7-3-4-8-18(17)22-19/h3-4,7-8,13,15-16H,1-2,5-6,9-12,14H2. The van der Waals surface area contributed by atoms with Gasteiger partial charge in [-0.05, 0) is 25.0 Å². The van der Waals surface area contributed by atoms with Crippen molar-refractivity contribution < 1.29 is 9.53 Å². The maximum atomic E-state index is 12.4. The van der Waals surface area contributed by atoms with Crippen LogP contribution in [-0.2, 0) is 4.79 Å². The van der Waals surface area contributed by atoms with Crippen molar-refractivity contribution in [2.45, 2.75) is 49.9 Å². The molecule has 0 spiro atoms. The molecular formula is C20H25N3O2S. The Morgan fingerprint density at radius 1 is 1.12 bits per heavy atom. The van der Waals surface area contributed by atoms with Gasteiger partial charge in [0.05, 0.1) is 23.0 Å². The second-order valence-corrected chi connectivity index (χ2v) is 8.40. The number of likely N-dealkylation sites (tertiary alicyclic amines) is 1. The predicted octanol–water partition coefficient (Wildman–Crippen LogP) is 3.68. The fourth-order valence-corrected chi connectivity index (χ4v) is 4.95. The van der Waals surface area contributed by atoms with Crippen molar-refractivity contribution in [3.05, 3.63) is 30.5 Å². The molecule has 26 heavy (non-hydrogen) atoms. The molecule has 2 heterocycles. The number of ether oxygens (including phenoxy) is 1. The molecule has 0 N–H and O–H groups in total. The van der Waals surface area contributed by atoms with E-state index in [1.54, 1.807) is 6.20 Å². The van der Waals surface area contributed by atoms with Gasteiger partial charge in [0.2, 0.25) is 11.8 Å². The lowest BCUT2D eigenvalue weighted by atomic mass is 10.1. The van der Waals surface area contributed by atoms with E-state index in [0.717, 1.165) is 37.0 Å². The highest BCUT2D eigenvalue weighted by atomic mass is 32.2. The normalized spacial score (nSPS) is 19.2. The van der Waals surface area contributed by atoms with Crippen LogP contribution in [-0.4, -0.2) is 51.0 Å². The summed E-state index contributed by atoms with van der Waals surface area (Å²) in [5.41, 5.74) is 1.72. The molecule has 6 heteroatoms. The van der Waals surface area contributed by atoms with Crippen molar-refractivity contribution >= 4 is 28.7 Å². The minimum atomic E-state index is 0.108. The number of rotatable bonds is 5. The fourth-order valence-electron chi connectivity index (χ4n) is 3.73. The maximum absolute atomic E-state index is 12.4. The Balaban J connectivity index is 1.25. The maximum Gasteiger partial charge on any atom is 0.233 e. The first-order chi connectivity index (χ1) is 12.8. The first-order valence-corrected chi connectivity index (χ1v) is 10.6. The zero-order valence-electron chi connectivity index (χ0n) is 15.0. The van der Waals surface area contributed by atoms with Gasteiger partial charge in [-0.25, -0.2) is 9.97 Å². The van der Waals surface area contributed by atoms with Gasteiger partial charge < -0.3 is 9.64 Å². The van der Waals surface area contributed by atoms with Gasteiger partial charge in [0.15, 0.2) is 0 Å². The van der Waals surface area contributed by atoms with Crippen molar-refractivity contribution in [3.8, 4) is 5.88 Å². The zero-order chi connectivity index (χ0) is 17.8. The lowest BCUT2D eigenvalue weighted by molar-refractivity contribution is -0.130. The SMILES string of the molecule is O=C(CSC1CCCC1)N1CCC(Oc2cnc3ccccc3n2)CC1. The first kappa shape index (κ1) is 17.6. The Labute approximate surface area is 158 Å². The number of hydrogen-bond acceptors (Lipinski definition) is 5. The van der Waals surface area contributed by atoms with E-state index in [1.165, 1.54) is 25.7 Å². The molecule has 1 aromatic heterocycles. The molecule has 5 nitrogen and oxygen atoms in total. The summed E-state index contributed by atoms with van der Waals surface area (Å²) in [7, 11) is 0. The Morgan fingerprint density at radius 2 is 1.85 bits per heavy atom. The molecular weight excluding hydrogens is 346 g/mol. The number of nitrogens with zero attached hydrogens (tertiary/aromatic N) is 3. The third-order valence-electron chi connectivity index (χ3n) is 5.25. The quantitative estimate of drug-likeness (QED) is 0.802. The number of carbonyl (C=O) groups is 1. The number of para-hydroxylation sites is 2. The topological polar surface area (TPSA) is 55.3 Å². The number of thioether (sulfide) groups is 1. The summed E-state index contributed by atoms with van der Waals surface area (Å²) in [4.78, 5) is 23.3. The van der Waals surface area contributed by atoms with E-state index in [1.807, 2.05) is 40.9 Å². The van der Waals surface area contributed by atoms with Crippen molar-refractivity contribution in [1.82, 2.24) is 14.9 Å². The van der Waals surface area contributed by atoms with E-state index in [2.05, 4.69) is 9.97 Å². The number of hydrogen-bond donors (Lipinski definition) is 0. The van der Waals surface area contributed by atoms with Crippen LogP contribution in [0.15, 0.2) is 30.5 Å². The van der Waals surface area contributed by atoms with Crippen LogP contribution in [0.2, 0.25) is 0 Å². The molecule has 1 amide bonds. The molecule has 1 saturated heterocycles. The number of piperidine rings is 1. The summed E-state index contributed by atoms with van der Waals surface area (Å²) in [6.07, 6.45) is 8.72. The van der Waals surface area contributed by atoms with Gasteiger partial charge in [0, 0.05) is 31.2 Å². The van der Waals surface area contributed by atoms with Crippen LogP contribution >= 0.6 is 11.8 Å². The smallest absolute Gasteiger partial charge is 0.233 e. The Hall–Kier alpha value is -1.82. The van der Waals surface area contributed by atoms with Gasteiger partial charge >= 0.3 is 0 Å². The molecule has 1 aliphatic carbocycles. The van der Waals surface area contributed by atoms with Crippen molar-refractivity contribution in [1.29, 1.82) is 0 Å². The third kappa shape index (κ3) is 4.29. The second-order valence-electron chi connectivity index (χ2n) is 7.11. The van der Waals surface area contributed by atoms with E-state index in [-0.39, 0.29) is 12.0 Å². The van der Waals surface area contributed by atoms with Gasteiger partial charge in [-0.15, -0.1) is 11.8 Å². The molecule has 0 radical (unpaired) electrons. The molecule has 4 rings (SSSR count). The highest BCUT2D eigenvalue weighted by Crippen LogP contribution is 2.29. The van der Waals surface area contributed by atoms with E-state index in [9.17, 15) is 4.79 Å². The summed E-state index contributed by atoms with van der Waals surface area (Å²) in [6, 6.07) is 7.79. The average molecular weight is 372 g/mol. The number of aromatic nitrogens is 2. The Bertz CT molecular complexity index is 756. The lowest BCUT2D eigenvalue weighted by Crippen LogP contribution is -2.42. The summed E-state index contributed by atoms with van der Waals surface area (Å²) in [6.45, 7) is 1.55. The van der Waals surface area contributed by atoms with Gasteiger partial charge in [0.1, 0.15) is 6.10 Å². The van der Waals surface area contributed by atoms with Crippen LogP contribution in [0.1, 0.15) is 38.5 Å². The molecule has 1 aromatic carbocycles. The summed E-state index contributed by atoms with van der Waals surface area (Å²) in [5, 5.41) is 0.700. The molecule has 2 fully saturated rings. The molecule has 0 unspecified atom stereocenters. The number of benzene rings is 1. The molecule has 2 aliphatic rings. The average Bonchev–Trinajstić information content (AvgIpc) is 3.20. The van der Waals surface area contributed by atoms with Gasteiger partial charge in [-0.3, -0.25) is 4.79 Å². The van der Waals surface area contributed by atoms with Crippen LogP contribution < -0.4 is 4.74 Å². The van der Waals surface area contributed by atoms with Gasteiger partial charge in [-0.2, -0.15) is 0 Å². The van der Waals surface area contributed by atoms with Crippen molar-refractivity contribution in [2.75, 3.05) is 18.8 Å². The zero-order valence-corrected chi connectivity index (χ0v) is 15.8. The number of carbonyl (C=O) groups excluding carboxylic acids is 1. The van der Waals surface area contributed by atoms with E-state index >= 15 is 0 Å². The first-order valence-electron chi connectivity index (χ1n) is 9.56. The minimum Gasteiger partial charge on any atom is -0.473 e. The highest BCUT2D eigenvalue weighted by molar-refractivity contribution is 8.00. The van der Waals surface area contributed by atoms with E-state index in [4.69, 9.17) is 4.74 Å². The molecule has 0 bridgehead atoms. The number of amides is 1. The van der Waals surface area contributed by atoms with E-state index < -0.39 is 0 Å². The number of fused-ring (bicyclic) bond motifs is 1. The van der Waals surface area contributed by atoms with Gasteiger partial charge in [0.25, 0.3) is 0 Å². The molecule has 0 atom stereocenters. The summed E-state index contributed by atoms with van der Waals surface area (Å²) in [5.74, 6) is 1.49. The monoisotopic (exact) mass is 371 g/mol. The van der Waals surface area contributed by atoms with Crippen LogP contribution in [0.25, 0.3) is 11.0 Å². The lowest BCUT2D eigenvalue weighted by Gasteiger charge is -2.32. The Kier molecular flexibility index (Phi) is 5.58. The minimum absolute atomic E-state index is 0.108. The van der Waals surface area contributed by atoms with Crippen molar-refractivity contribution in [2.24, 2.45) is 0 Å². The van der Waals surface area contributed by atoms with Crippen LogP contribution in [0, 0.1) is 0 Å². The summed E-state index contributed by atoms with van der Waals surface area (Å²) < 4.78 is 6.02. The van der Waals surface area contributed by atoms with Crippen LogP contribution in [0.5, 0.6) is 5.88 Å². The second kappa shape index (κ2) is 8.25. The summed E-state index contributed by atoms with van der Waals surface area (Å²) >= 11 is 1.85. The molecule has 138 valence electrons. The predicted molar refractivity (Wildman–Crippen MR) is 104 cm³/mol. The fraction of sp³-hybridized carbons (Fsp3) is 0.550. The van der Waals surface area contributed by atoms with Crippen LogP contribution in [0.4, 0.5) is 0 Å². The molecule has 2 aromatic rings. The Morgan fingerprint density at radius 3 is 2.62 bits per heavy atom. The molecule has 1 saturated carbocycles. The highest BCUT2D eigenvalue weighted by Gasteiger charge is 2.25. The van der Waals surface area contributed by atoms with Gasteiger partial charge in [-0.1, -0.05) is 25.0 Å². The van der Waals surface area contributed by atoms with E-state index in [0.29, 0.717) is 16.9 Å².